The predicted octanol–water partition coefficient (Wildman–Crippen LogP) is 4.40. The summed E-state index contributed by atoms with van der Waals surface area (Å²) < 4.78 is 7.29. The fourth-order valence-electron chi connectivity index (χ4n) is 4.89. The molecule has 36 heavy (non-hydrogen) atoms. The van der Waals surface area contributed by atoms with Gasteiger partial charge in [-0.3, -0.25) is 15.1 Å². The second-order valence-electron chi connectivity index (χ2n) is 8.84. The molecule has 0 aliphatic carbocycles. The third kappa shape index (κ3) is 4.00. The van der Waals surface area contributed by atoms with Crippen molar-refractivity contribution in [2.45, 2.75) is 6.54 Å². The first-order valence-corrected chi connectivity index (χ1v) is 12.0. The molecule has 0 saturated carbocycles. The lowest BCUT2D eigenvalue weighted by atomic mass is 10.1. The van der Waals surface area contributed by atoms with Crippen LogP contribution in [0.5, 0.6) is 0 Å². The van der Waals surface area contributed by atoms with Gasteiger partial charge in [-0.05, 0) is 29.8 Å². The number of aromatic amines is 1. The van der Waals surface area contributed by atoms with Crippen LogP contribution in [0.15, 0.2) is 77.6 Å². The second-order valence-corrected chi connectivity index (χ2v) is 8.84. The number of para-hydroxylation sites is 1. The number of H-pyrrole nitrogens is 1. The molecular formula is C28H27N5O3. The molecule has 8 heteroatoms. The van der Waals surface area contributed by atoms with E-state index in [1.807, 2.05) is 60.7 Å². The van der Waals surface area contributed by atoms with E-state index in [9.17, 15) is 4.79 Å². The Morgan fingerprint density at radius 1 is 1.03 bits per heavy atom. The van der Waals surface area contributed by atoms with Crippen LogP contribution in [0.25, 0.3) is 33.3 Å². The summed E-state index contributed by atoms with van der Waals surface area (Å²) in [4.78, 5) is 29.9. The van der Waals surface area contributed by atoms with Crippen molar-refractivity contribution in [3.8, 4) is 11.4 Å². The molecule has 0 amide bonds. The maximum atomic E-state index is 14.1. The van der Waals surface area contributed by atoms with Gasteiger partial charge in [-0.25, -0.2) is 4.98 Å². The molecule has 1 saturated heterocycles. The number of morpholine rings is 1. The Hall–Kier alpha value is -4.14. The minimum absolute atomic E-state index is 0.149. The van der Waals surface area contributed by atoms with Gasteiger partial charge in [0.15, 0.2) is 0 Å². The lowest BCUT2D eigenvalue weighted by molar-refractivity contribution is 0.122. The molecule has 5 aromatic rings. The first kappa shape index (κ1) is 22.3. The molecule has 2 N–H and O–H groups in total. The second kappa shape index (κ2) is 9.49. The molecule has 182 valence electrons. The summed E-state index contributed by atoms with van der Waals surface area (Å²) in [6.07, 6.45) is 0. The quantitative estimate of drug-likeness (QED) is 0.350. The lowest BCUT2D eigenvalue weighted by Gasteiger charge is -2.28. The number of pyridine rings is 1. The molecule has 6 rings (SSSR count). The van der Waals surface area contributed by atoms with E-state index in [-0.39, 0.29) is 5.56 Å². The van der Waals surface area contributed by atoms with Crippen molar-refractivity contribution >= 4 is 33.3 Å². The molecule has 0 radical (unpaired) electrons. The van der Waals surface area contributed by atoms with Crippen molar-refractivity contribution in [1.29, 1.82) is 0 Å². The van der Waals surface area contributed by atoms with Gasteiger partial charge in [0.2, 0.25) is 0 Å². The molecule has 0 spiro atoms. The molecule has 3 aromatic carbocycles. The largest absolute Gasteiger partial charge is 0.378 e. The normalized spacial score (nSPS) is 14.0. The van der Waals surface area contributed by atoms with E-state index in [1.165, 1.54) is 0 Å². The fourth-order valence-corrected chi connectivity index (χ4v) is 4.89. The number of imidazole rings is 1. The van der Waals surface area contributed by atoms with Gasteiger partial charge in [0.05, 0.1) is 49.1 Å². The molecule has 1 aliphatic heterocycles. The Morgan fingerprint density at radius 2 is 1.81 bits per heavy atom. The van der Waals surface area contributed by atoms with Gasteiger partial charge < -0.3 is 19.2 Å². The predicted molar refractivity (Wildman–Crippen MR) is 143 cm³/mol. The summed E-state index contributed by atoms with van der Waals surface area (Å²) in [7, 11) is 1.54. The highest BCUT2D eigenvalue weighted by Gasteiger charge is 2.22. The van der Waals surface area contributed by atoms with E-state index in [2.05, 4.69) is 27.5 Å². The van der Waals surface area contributed by atoms with Gasteiger partial charge >= 0.3 is 0 Å². The van der Waals surface area contributed by atoms with Crippen LogP contribution < -0.4 is 15.9 Å². The summed E-state index contributed by atoms with van der Waals surface area (Å²) >= 11 is 0. The molecule has 0 unspecified atom stereocenters. The van der Waals surface area contributed by atoms with Crippen molar-refractivity contribution in [3.63, 3.8) is 0 Å². The minimum Gasteiger partial charge on any atom is -0.378 e. The molecule has 0 atom stereocenters. The Labute approximate surface area is 208 Å². The van der Waals surface area contributed by atoms with Crippen LogP contribution in [-0.2, 0) is 16.1 Å². The molecule has 0 bridgehead atoms. The molecule has 1 fully saturated rings. The van der Waals surface area contributed by atoms with Crippen molar-refractivity contribution in [1.82, 2.24) is 14.5 Å². The Morgan fingerprint density at radius 3 is 2.61 bits per heavy atom. The zero-order valence-corrected chi connectivity index (χ0v) is 20.0. The van der Waals surface area contributed by atoms with Crippen LogP contribution in [0.1, 0.15) is 5.56 Å². The Bertz CT molecular complexity index is 1590. The van der Waals surface area contributed by atoms with Crippen LogP contribution in [0.3, 0.4) is 0 Å². The maximum Gasteiger partial charge on any atom is 0.264 e. The topological polar surface area (TPSA) is 84.4 Å². The molecule has 3 heterocycles. The van der Waals surface area contributed by atoms with E-state index in [1.54, 1.807) is 11.7 Å². The number of anilines is 2. The fraction of sp³-hybridized carbons (Fsp3) is 0.214. The summed E-state index contributed by atoms with van der Waals surface area (Å²) in [6, 6.07) is 24.0. The highest BCUT2D eigenvalue weighted by Crippen LogP contribution is 2.33. The SMILES string of the molecule is CONc1c(-c2nc3ccc(N4CCOCC4)cc3[nH]2)c(=O)n(Cc2ccccc2)c2ccccc12. The zero-order chi connectivity index (χ0) is 24.5. The van der Waals surface area contributed by atoms with Crippen molar-refractivity contribution in [3.05, 3.63) is 88.7 Å². The minimum atomic E-state index is -0.149. The standard InChI is InChI=1S/C28H27N5O3/c1-35-31-26-21-9-5-6-10-24(21)33(18-19-7-3-2-4-8-19)28(34)25(26)27-29-22-12-11-20(17-23(22)30-27)32-13-15-36-16-14-32/h2-12,17,31H,13-16,18H2,1H3,(H,29,30). The van der Waals surface area contributed by atoms with E-state index in [0.717, 1.165) is 59.5 Å². The van der Waals surface area contributed by atoms with Gasteiger partial charge in [-0.1, -0.05) is 48.5 Å². The Kier molecular flexibility index (Phi) is 5.88. The summed E-state index contributed by atoms with van der Waals surface area (Å²) in [5.74, 6) is 0.501. The number of nitrogens with zero attached hydrogens (tertiary/aromatic N) is 3. The molecule has 2 aromatic heterocycles. The monoisotopic (exact) mass is 481 g/mol. The van der Waals surface area contributed by atoms with Crippen LogP contribution in [0.4, 0.5) is 11.4 Å². The number of ether oxygens (including phenoxy) is 1. The number of fused-ring (bicyclic) bond motifs is 2. The van der Waals surface area contributed by atoms with E-state index >= 15 is 0 Å². The van der Waals surface area contributed by atoms with Gasteiger partial charge in [0, 0.05) is 24.2 Å². The van der Waals surface area contributed by atoms with Crippen molar-refractivity contribution in [2.75, 3.05) is 43.8 Å². The number of hydrogen-bond donors (Lipinski definition) is 2. The maximum absolute atomic E-state index is 14.1. The molecule has 8 nitrogen and oxygen atoms in total. The summed E-state index contributed by atoms with van der Waals surface area (Å²) in [6.45, 7) is 3.58. The van der Waals surface area contributed by atoms with Crippen LogP contribution in [0.2, 0.25) is 0 Å². The first-order valence-electron chi connectivity index (χ1n) is 12.0. The van der Waals surface area contributed by atoms with Gasteiger partial charge in [0.1, 0.15) is 11.4 Å². The van der Waals surface area contributed by atoms with Gasteiger partial charge in [-0.15, -0.1) is 0 Å². The zero-order valence-electron chi connectivity index (χ0n) is 20.0. The third-order valence-electron chi connectivity index (χ3n) is 6.64. The highest BCUT2D eigenvalue weighted by molar-refractivity contribution is 5.99. The van der Waals surface area contributed by atoms with Gasteiger partial charge in [-0.2, -0.15) is 0 Å². The summed E-state index contributed by atoms with van der Waals surface area (Å²) in [5.41, 5.74) is 8.49. The average molecular weight is 482 g/mol. The highest BCUT2D eigenvalue weighted by atomic mass is 16.6. The van der Waals surface area contributed by atoms with Crippen LogP contribution in [0, 0.1) is 0 Å². The number of rotatable bonds is 6. The van der Waals surface area contributed by atoms with E-state index < -0.39 is 0 Å². The van der Waals surface area contributed by atoms with E-state index in [4.69, 9.17) is 14.6 Å². The third-order valence-corrected chi connectivity index (χ3v) is 6.64. The number of aromatic nitrogens is 3. The smallest absolute Gasteiger partial charge is 0.264 e. The molecule has 1 aliphatic rings. The number of hydrogen-bond acceptors (Lipinski definition) is 6. The average Bonchev–Trinajstić information content (AvgIpc) is 3.35. The summed E-state index contributed by atoms with van der Waals surface area (Å²) in [5, 5.41) is 0.874. The van der Waals surface area contributed by atoms with Crippen molar-refractivity contribution < 1.29 is 9.57 Å². The van der Waals surface area contributed by atoms with E-state index in [0.29, 0.717) is 23.6 Å². The number of nitrogens with one attached hydrogen (secondary N) is 2. The molecular weight excluding hydrogens is 454 g/mol. The number of benzene rings is 3. The van der Waals surface area contributed by atoms with Crippen LogP contribution >= 0.6 is 0 Å². The van der Waals surface area contributed by atoms with Crippen LogP contribution in [-0.4, -0.2) is 47.9 Å². The van der Waals surface area contributed by atoms with Crippen molar-refractivity contribution in [2.24, 2.45) is 0 Å². The Balaban J connectivity index is 1.54. The first-order chi connectivity index (χ1) is 17.7. The van der Waals surface area contributed by atoms with Gasteiger partial charge in [0.25, 0.3) is 5.56 Å². The lowest BCUT2D eigenvalue weighted by Crippen LogP contribution is -2.36.